The molecule has 0 spiro atoms. The molecule has 6 nitrogen and oxygen atoms in total. The summed E-state index contributed by atoms with van der Waals surface area (Å²) in [6, 6.07) is 11.9. The molecule has 0 aliphatic carbocycles. The normalized spacial score (nSPS) is 10.5. The van der Waals surface area contributed by atoms with E-state index < -0.39 is 5.97 Å². The van der Waals surface area contributed by atoms with Crippen LogP contribution in [0.15, 0.2) is 47.0 Å². The fraction of sp³-hybridized carbons (Fsp3) is 0.0667. The van der Waals surface area contributed by atoms with E-state index in [0.717, 1.165) is 5.69 Å². The highest BCUT2D eigenvalue weighted by Crippen LogP contribution is 2.21. The molecular formula is C15H11N3O3. The van der Waals surface area contributed by atoms with E-state index in [4.69, 9.17) is 9.63 Å². The number of aromatic nitrogens is 3. The zero-order valence-corrected chi connectivity index (χ0v) is 11.1. The Labute approximate surface area is 120 Å². The standard InChI is InChI=1S/C15H11N3O3/c1-9-4-2-7-12(16-9)14-17-13(18-21-14)10-5-3-6-11(8-10)15(19)20/h2-8H,1H3,(H,19,20). The lowest BCUT2D eigenvalue weighted by Crippen LogP contribution is -1.96. The molecule has 0 unspecified atom stereocenters. The molecule has 0 atom stereocenters. The minimum Gasteiger partial charge on any atom is -0.478 e. The Morgan fingerprint density at radius 1 is 1.14 bits per heavy atom. The van der Waals surface area contributed by atoms with Gasteiger partial charge in [0.25, 0.3) is 5.89 Å². The average molecular weight is 281 g/mol. The monoisotopic (exact) mass is 281 g/mol. The van der Waals surface area contributed by atoms with Gasteiger partial charge in [0.15, 0.2) is 0 Å². The minimum absolute atomic E-state index is 0.174. The summed E-state index contributed by atoms with van der Waals surface area (Å²) in [6.45, 7) is 1.87. The SMILES string of the molecule is Cc1cccc(-c2nc(-c3cccc(C(=O)O)c3)no2)n1. The van der Waals surface area contributed by atoms with Gasteiger partial charge in [-0.1, -0.05) is 23.4 Å². The van der Waals surface area contributed by atoms with Crippen LogP contribution in [0.25, 0.3) is 23.0 Å². The fourth-order valence-corrected chi connectivity index (χ4v) is 1.90. The Balaban J connectivity index is 1.98. The molecule has 3 rings (SSSR count). The van der Waals surface area contributed by atoms with E-state index in [1.807, 2.05) is 19.1 Å². The smallest absolute Gasteiger partial charge is 0.335 e. The molecule has 2 heterocycles. The third-order valence-corrected chi connectivity index (χ3v) is 2.90. The fourth-order valence-electron chi connectivity index (χ4n) is 1.90. The van der Waals surface area contributed by atoms with Crippen molar-refractivity contribution in [1.29, 1.82) is 0 Å². The number of aromatic carboxylic acids is 1. The maximum atomic E-state index is 11.0. The predicted molar refractivity (Wildman–Crippen MR) is 74.7 cm³/mol. The van der Waals surface area contributed by atoms with Crippen molar-refractivity contribution >= 4 is 5.97 Å². The minimum atomic E-state index is -0.999. The third-order valence-electron chi connectivity index (χ3n) is 2.90. The molecule has 0 aliphatic rings. The second-order valence-corrected chi connectivity index (χ2v) is 4.47. The molecule has 0 amide bonds. The molecular weight excluding hydrogens is 270 g/mol. The van der Waals surface area contributed by atoms with Crippen LogP contribution in [0.2, 0.25) is 0 Å². The van der Waals surface area contributed by atoms with Crippen LogP contribution in [0.4, 0.5) is 0 Å². The van der Waals surface area contributed by atoms with Crippen LogP contribution >= 0.6 is 0 Å². The van der Waals surface area contributed by atoms with E-state index in [9.17, 15) is 4.79 Å². The van der Waals surface area contributed by atoms with Gasteiger partial charge < -0.3 is 9.63 Å². The lowest BCUT2D eigenvalue weighted by Gasteiger charge is -1.97. The van der Waals surface area contributed by atoms with E-state index >= 15 is 0 Å². The maximum Gasteiger partial charge on any atom is 0.335 e. The van der Waals surface area contributed by atoms with Crippen LogP contribution < -0.4 is 0 Å². The maximum absolute atomic E-state index is 11.0. The number of pyridine rings is 1. The molecule has 2 aromatic heterocycles. The summed E-state index contributed by atoms with van der Waals surface area (Å²) >= 11 is 0. The Kier molecular flexibility index (Phi) is 3.19. The first-order chi connectivity index (χ1) is 10.1. The summed E-state index contributed by atoms with van der Waals surface area (Å²) in [7, 11) is 0. The number of rotatable bonds is 3. The van der Waals surface area contributed by atoms with Gasteiger partial charge in [0.2, 0.25) is 5.82 Å². The Bertz CT molecular complexity index is 811. The van der Waals surface area contributed by atoms with Crippen molar-refractivity contribution in [2.45, 2.75) is 6.92 Å². The third kappa shape index (κ3) is 2.64. The molecule has 0 radical (unpaired) electrons. The van der Waals surface area contributed by atoms with E-state index in [1.165, 1.54) is 12.1 Å². The van der Waals surface area contributed by atoms with E-state index in [1.54, 1.807) is 18.2 Å². The number of hydrogen-bond acceptors (Lipinski definition) is 5. The highest BCUT2D eigenvalue weighted by molar-refractivity contribution is 5.89. The van der Waals surface area contributed by atoms with Crippen LogP contribution in [-0.2, 0) is 0 Å². The highest BCUT2D eigenvalue weighted by Gasteiger charge is 2.13. The molecule has 0 aliphatic heterocycles. The Morgan fingerprint density at radius 3 is 2.71 bits per heavy atom. The van der Waals surface area contributed by atoms with Crippen LogP contribution in [0.5, 0.6) is 0 Å². The summed E-state index contributed by atoms with van der Waals surface area (Å²) < 4.78 is 5.19. The topological polar surface area (TPSA) is 89.1 Å². The summed E-state index contributed by atoms with van der Waals surface area (Å²) in [5.41, 5.74) is 2.19. The van der Waals surface area contributed by atoms with Crippen LogP contribution in [0.1, 0.15) is 16.1 Å². The molecule has 0 saturated heterocycles. The van der Waals surface area contributed by atoms with Gasteiger partial charge in [-0.25, -0.2) is 9.78 Å². The van der Waals surface area contributed by atoms with Gasteiger partial charge in [-0.15, -0.1) is 0 Å². The van der Waals surface area contributed by atoms with Crippen molar-refractivity contribution in [3.05, 3.63) is 53.7 Å². The molecule has 21 heavy (non-hydrogen) atoms. The van der Waals surface area contributed by atoms with E-state index in [2.05, 4.69) is 15.1 Å². The number of aryl methyl sites for hydroxylation is 1. The van der Waals surface area contributed by atoms with Gasteiger partial charge >= 0.3 is 5.97 Å². The first-order valence-corrected chi connectivity index (χ1v) is 6.25. The molecule has 6 heteroatoms. The Hall–Kier alpha value is -3.02. The average Bonchev–Trinajstić information content (AvgIpc) is 2.97. The van der Waals surface area contributed by atoms with Crippen molar-refractivity contribution in [1.82, 2.24) is 15.1 Å². The number of carboxylic acid groups (broad SMARTS) is 1. The largest absolute Gasteiger partial charge is 0.478 e. The molecule has 1 N–H and O–H groups in total. The van der Waals surface area contributed by atoms with Crippen LogP contribution in [0.3, 0.4) is 0 Å². The molecule has 0 fully saturated rings. The number of benzene rings is 1. The lowest BCUT2D eigenvalue weighted by atomic mass is 10.1. The van der Waals surface area contributed by atoms with Crippen molar-refractivity contribution in [3.63, 3.8) is 0 Å². The Morgan fingerprint density at radius 2 is 1.95 bits per heavy atom. The van der Waals surface area contributed by atoms with Gasteiger partial charge in [-0.05, 0) is 31.2 Å². The second-order valence-electron chi connectivity index (χ2n) is 4.47. The van der Waals surface area contributed by atoms with Crippen LogP contribution in [-0.4, -0.2) is 26.2 Å². The quantitative estimate of drug-likeness (QED) is 0.794. The zero-order chi connectivity index (χ0) is 14.8. The van der Waals surface area contributed by atoms with Gasteiger partial charge in [-0.3, -0.25) is 0 Å². The number of carboxylic acids is 1. The first-order valence-electron chi connectivity index (χ1n) is 6.25. The molecule has 0 bridgehead atoms. The molecule has 0 saturated carbocycles. The van der Waals surface area contributed by atoms with Crippen molar-refractivity contribution in [2.75, 3.05) is 0 Å². The number of carbonyl (C=O) groups is 1. The summed E-state index contributed by atoms with van der Waals surface area (Å²) in [5.74, 6) is -0.369. The number of hydrogen-bond donors (Lipinski definition) is 1. The van der Waals surface area contributed by atoms with Gasteiger partial charge in [0.1, 0.15) is 5.69 Å². The summed E-state index contributed by atoms with van der Waals surface area (Å²) in [6.07, 6.45) is 0. The van der Waals surface area contributed by atoms with Gasteiger partial charge in [0, 0.05) is 11.3 Å². The van der Waals surface area contributed by atoms with Crippen molar-refractivity contribution in [2.24, 2.45) is 0 Å². The van der Waals surface area contributed by atoms with Gasteiger partial charge in [0.05, 0.1) is 5.56 Å². The molecule has 1 aromatic carbocycles. The predicted octanol–water partition coefficient (Wildman–Crippen LogP) is 2.81. The number of nitrogens with zero attached hydrogens (tertiary/aromatic N) is 3. The molecule has 104 valence electrons. The highest BCUT2D eigenvalue weighted by atomic mass is 16.5. The zero-order valence-electron chi connectivity index (χ0n) is 11.1. The van der Waals surface area contributed by atoms with Gasteiger partial charge in [-0.2, -0.15) is 4.98 Å². The van der Waals surface area contributed by atoms with Crippen LogP contribution in [0, 0.1) is 6.92 Å². The first kappa shape index (κ1) is 13.0. The van der Waals surface area contributed by atoms with E-state index in [0.29, 0.717) is 23.0 Å². The molecule has 3 aromatic rings. The lowest BCUT2D eigenvalue weighted by molar-refractivity contribution is 0.0697. The summed E-state index contributed by atoms with van der Waals surface area (Å²) in [5, 5.41) is 12.9. The van der Waals surface area contributed by atoms with E-state index in [-0.39, 0.29) is 5.56 Å². The van der Waals surface area contributed by atoms with Crippen molar-refractivity contribution < 1.29 is 14.4 Å². The second kappa shape index (κ2) is 5.16. The van der Waals surface area contributed by atoms with Crippen molar-refractivity contribution in [3.8, 4) is 23.0 Å². The summed E-state index contributed by atoms with van der Waals surface area (Å²) in [4.78, 5) is 19.5.